The molecule has 0 saturated carbocycles. The van der Waals surface area contributed by atoms with Crippen LogP contribution in [0.15, 0.2) is 103 Å². The summed E-state index contributed by atoms with van der Waals surface area (Å²) >= 11 is 0. The van der Waals surface area contributed by atoms with Crippen molar-refractivity contribution in [2.45, 2.75) is 18.0 Å². The molecule has 9 nitrogen and oxygen atoms in total. The summed E-state index contributed by atoms with van der Waals surface area (Å²) in [5.74, 6) is -1.34. The van der Waals surface area contributed by atoms with E-state index in [1.54, 1.807) is 12.1 Å². The maximum atomic E-state index is 12.8. The molecule has 0 radical (unpaired) electrons. The summed E-state index contributed by atoms with van der Waals surface area (Å²) in [5, 5.41) is 0.714. The highest BCUT2D eigenvalue weighted by Gasteiger charge is 2.47. The molecule has 46 heavy (non-hydrogen) atoms. The summed E-state index contributed by atoms with van der Waals surface area (Å²) in [4.78, 5) is 12.4. The first kappa shape index (κ1) is 32.6. The van der Waals surface area contributed by atoms with Crippen LogP contribution in [0.1, 0.15) is 38.7 Å². The Balaban J connectivity index is 1.62. The minimum absolute atomic E-state index is 0.131. The van der Waals surface area contributed by atoms with Crippen LogP contribution in [-0.4, -0.2) is 46.2 Å². The van der Waals surface area contributed by atoms with Crippen molar-refractivity contribution in [1.82, 2.24) is 9.29 Å². The average Bonchev–Trinajstić information content (AvgIpc) is 3.33. The minimum Gasteiger partial charge on any atom is -0.496 e. The van der Waals surface area contributed by atoms with Crippen molar-refractivity contribution >= 4 is 42.5 Å². The Kier molecular flexibility index (Phi) is 8.87. The van der Waals surface area contributed by atoms with E-state index in [1.165, 1.54) is 19.2 Å². The molecule has 2 N–H and O–H groups in total. The van der Waals surface area contributed by atoms with Crippen LogP contribution < -0.4 is 14.2 Å². The zero-order chi connectivity index (χ0) is 33.3. The number of alkyl halides is 3. The second kappa shape index (κ2) is 12.5. The highest BCUT2D eigenvalue weighted by molar-refractivity contribution is 7.92. The number of sulfonamides is 2. The van der Waals surface area contributed by atoms with E-state index < -0.39 is 31.5 Å². The number of hydrogen-bond acceptors (Lipinski definition) is 6. The molecular weight excluding hydrogens is 643 g/mol. The number of halogens is 3. The Hall–Kier alpha value is -4.82. The van der Waals surface area contributed by atoms with Gasteiger partial charge < -0.3 is 9.30 Å². The van der Waals surface area contributed by atoms with E-state index in [4.69, 9.17) is 4.74 Å². The fourth-order valence-electron chi connectivity index (χ4n) is 5.22. The molecule has 1 heterocycles. The third-order valence-electron chi connectivity index (χ3n) is 7.19. The summed E-state index contributed by atoms with van der Waals surface area (Å²) in [6.45, 7) is 0. The molecular formula is C32H28F3N3O6S2. The van der Waals surface area contributed by atoms with Crippen molar-refractivity contribution in [1.29, 1.82) is 0 Å². The van der Waals surface area contributed by atoms with E-state index in [0.717, 1.165) is 39.3 Å². The van der Waals surface area contributed by atoms with E-state index >= 15 is 0 Å². The van der Waals surface area contributed by atoms with Crippen LogP contribution in [0.5, 0.6) is 5.75 Å². The van der Waals surface area contributed by atoms with Gasteiger partial charge in [0.1, 0.15) is 5.75 Å². The summed E-state index contributed by atoms with van der Waals surface area (Å²) in [6, 6.07) is 28.4. The molecule has 0 unspecified atom stereocenters. The molecule has 0 aliphatic rings. The van der Waals surface area contributed by atoms with Crippen LogP contribution in [0, 0.1) is 0 Å². The standard InChI is InChI=1S/C32H28F3N3O6S2/c1-44-29-18-24(31(39)37-46(42,43)32(33,34)35)14-13-23(29)17-25-20-38(28-16-15-26(19-27(25)28)36-45(2,40)41)30(21-9-5-3-6-10-21)22-11-7-4-8-12-22/h3-16,18-20,30,36H,17H2,1-2H3,(H,37,39). The maximum Gasteiger partial charge on any atom is 0.516 e. The third kappa shape index (κ3) is 7.02. The molecule has 0 spiro atoms. The van der Waals surface area contributed by atoms with Gasteiger partial charge in [-0.05, 0) is 52.6 Å². The van der Waals surface area contributed by atoms with Crippen molar-refractivity contribution < 1.29 is 39.5 Å². The van der Waals surface area contributed by atoms with E-state index in [2.05, 4.69) is 9.29 Å². The summed E-state index contributed by atoms with van der Waals surface area (Å²) < 4.78 is 96.5. The van der Waals surface area contributed by atoms with Crippen LogP contribution in [0.3, 0.4) is 0 Å². The van der Waals surface area contributed by atoms with Gasteiger partial charge in [0.25, 0.3) is 5.91 Å². The molecule has 14 heteroatoms. The number of hydrogen-bond donors (Lipinski definition) is 2. The molecule has 4 aromatic carbocycles. The molecule has 5 rings (SSSR count). The van der Waals surface area contributed by atoms with E-state index in [1.807, 2.05) is 72.9 Å². The number of aromatic nitrogens is 1. The Morgan fingerprint density at radius 2 is 1.46 bits per heavy atom. The number of methoxy groups -OCH3 is 1. The monoisotopic (exact) mass is 671 g/mol. The number of carbonyl (C=O) groups is 1. The average molecular weight is 672 g/mol. The number of amides is 1. The lowest BCUT2D eigenvalue weighted by Gasteiger charge is -2.21. The molecule has 0 aliphatic carbocycles. The molecule has 0 aliphatic heterocycles. The Morgan fingerprint density at radius 1 is 0.848 bits per heavy atom. The molecule has 5 aromatic rings. The van der Waals surface area contributed by atoms with E-state index in [-0.39, 0.29) is 23.8 Å². The van der Waals surface area contributed by atoms with Gasteiger partial charge in [0.2, 0.25) is 10.0 Å². The topological polar surface area (TPSA) is 124 Å². The van der Waals surface area contributed by atoms with Gasteiger partial charge in [0.05, 0.1) is 19.4 Å². The number of nitrogens with one attached hydrogen (secondary N) is 2. The normalized spacial score (nSPS) is 12.3. The number of anilines is 1. The Bertz CT molecular complexity index is 2080. The van der Waals surface area contributed by atoms with Gasteiger partial charge in [0.15, 0.2) is 0 Å². The predicted octanol–water partition coefficient (Wildman–Crippen LogP) is 5.83. The van der Waals surface area contributed by atoms with Crippen molar-refractivity contribution in [3.8, 4) is 5.75 Å². The van der Waals surface area contributed by atoms with Gasteiger partial charge in [-0.15, -0.1) is 0 Å². The summed E-state index contributed by atoms with van der Waals surface area (Å²) in [6.07, 6.45) is 3.19. The fraction of sp³-hybridized carbons (Fsp3) is 0.156. The molecule has 240 valence electrons. The number of nitrogens with zero attached hydrogens (tertiary/aromatic N) is 1. The van der Waals surface area contributed by atoms with Crippen molar-refractivity contribution in [2.24, 2.45) is 0 Å². The second-order valence-corrected chi connectivity index (χ2v) is 13.9. The smallest absolute Gasteiger partial charge is 0.496 e. The third-order valence-corrected chi connectivity index (χ3v) is 8.86. The predicted molar refractivity (Wildman–Crippen MR) is 169 cm³/mol. The molecule has 0 atom stereocenters. The Morgan fingerprint density at radius 3 is 2.00 bits per heavy atom. The van der Waals surface area contributed by atoms with Gasteiger partial charge in [-0.1, -0.05) is 66.7 Å². The lowest BCUT2D eigenvalue weighted by molar-refractivity contribution is -0.0446. The van der Waals surface area contributed by atoms with E-state index in [9.17, 15) is 34.8 Å². The quantitative estimate of drug-likeness (QED) is 0.193. The van der Waals surface area contributed by atoms with Crippen molar-refractivity contribution in [3.63, 3.8) is 0 Å². The molecule has 1 aromatic heterocycles. The number of rotatable bonds is 10. The molecule has 0 bridgehead atoms. The zero-order valence-corrected chi connectivity index (χ0v) is 26.1. The lowest BCUT2D eigenvalue weighted by atomic mass is 9.98. The first-order valence-electron chi connectivity index (χ1n) is 13.7. The molecule has 0 saturated heterocycles. The van der Waals surface area contributed by atoms with Crippen LogP contribution in [0.4, 0.5) is 18.9 Å². The summed E-state index contributed by atoms with van der Waals surface area (Å²) in [7, 11) is -8.18. The zero-order valence-electron chi connectivity index (χ0n) is 24.4. The van der Waals surface area contributed by atoms with Gasteiger partial charge in [0, 0.05) is 34.8 Å². The fourth-order valence-corrected chi connectivity index (χ4v) is 6.25. The van der Waals surface area contributed by atoms with Crippen LogP contribution in [0.25, 0.3) is 10.9 Å². The molecule has 1 amide bonds. The van der Waals surface area contributed by atoms with Crippen LogP contribution in [0.2, 0.25) is 0 Å². The van der Waals surface area contributed by atoms with Crippen molar-refractivity contribution in [2.75, 3.05) is 18.1 Å². The van der Waals surface area contributed by atoms with Crippen molar-refractivity contribution in [3.05, 3.63) is 131 Å². The maximum absolute atomic E-state index is 12.8. The minimum atomic E-state index is -5.91. The lowest BCUT2D eigenvalue weighted by Crippen LogP contribution is -2.40. The number of benzene rings is 4. The van der Waals surface area contributed by atoms with Gasteiger partial charge >= 0.3 is 15.5 Å². The molecule has 0 fully saturated rings. The Labute approximate surface area is 263 Å². The van der Waals surface area contributed by atoms with E-state index in [0.29, 0.717) is 16.6 Å². The highest BCUT2D eigenvalue weighted by Crippen LogP contribution is 2.36. The first-order chi connectivity index (χ1) is 21.7. The highest BCUT2D eigenvalue weighted by atomic mass is 32.2. The first-order valence-corrected chi connectivity index (χ1v) is 17.1. The summed E-state index contributed by atoms with van der Waals surface area (Å²) in [5.41, 5.74) is -1.61. The number of carbonyl (C=O) groups excluding carboxylic acids is 1. The van der Waals surface area contributed by atoms with Crippen LogP contribution in [-0.2, 0) is 26.5 Å². The number of ether oxygens (including phenoxy) is 1. The SMILES string of the molecule is COc1cc(C(=O)NS(=O)(=O)C(F)(F)F)ccc1Cc1cn(C(c2ccccc2)c2ccccc2)c2ccc(NS(C)(=O)=O)cc12. The second-order valence-electron chi connectivity index (χ2n) is 10.5. The number of fused-ring (bicyclic) bond motifs is 1. The van der Waals surface area contributed by atoms with Gasteiger partial charge in [-0.3, -0.25) is 9.52 Å². The largest absolute Gasteiger partial charge is 0.516 e. The van der Waals surface area contributed by atoms with Gasteiger partial charge in [-0.2, -0.15) is 21.6 Å². The van der Waals surface area contributed by atoms with Gasteiger partial charge in [-0.25, -0.2) is 13.1 Å². The van der Waals surface area contributed by atoms with Crippen LogP contribution >= 0.6 is 0 Å².